The smallest absolute Gasteiger partial charge is 0.320 e. The third-order valence-electron chi connectivity index (χ3n) is 5.21. The van der Waals surface area contributed by atoms with Crippen molar-refractivity contribution >= 4 is 23.4 Å². The van der Waals surface area contributed by atoms with E-state index >= 15 is 0 Å². The lowest BCUT2D eigenvalue weighted by molar-refractivity contribution is -0.292. The number of nitrogens with zero attached hydrogens (tertiary/aromatic N) is 3. The van der Waals surface area contributed by atoms with Crippen molar-refractivity contribution in [3.05, 3.63) is 46.4 Å². The zero-order chi connectivity index (χ0) is 25.3. The van der Waals surface area contributed by atoms with Crippen LogP contribution in [-0.4, -0.2) is 58.8 Å². The molecule has 0 amide bonds. The number of esters is 1. The Hall–Kier alpha value is -2.60. The maximum Gasteiger partial charge on any atom is 0.320 e. The summed E-state index contributed by atoms with van der Waals surface area (Å²) in [6, 6.07) is 9.91. The Balaban J connectivity index is 1.67. The molecule has 0 saturated carbocycles. The van der Waals surface area contributed by atoms with E-state index in [1.165, 1.54) is 0 Å². The van der Waals surface area contributed by atoms with Crippen LogP contribution in [0.4, 0.5) is 5.69 Å². The minimum Gasteiger partial charge on any atom is -0.462 e. The highest BCUT2D eigenvalue weighted by Gasteiger charge is 2.28. The third kappa shape index (κ3) is 10.3. The first kappa shape index (κ1) is 28.6. The van der Waals surface area contributed by atoms with Crippen LogP contribution >= 0.6 is 11.8 Å². The number of nitriles is 1. The van der Waals surface area contributed by atoms with Gasteiger partial charge in [0.15, 0.2) is 0 Å². The SMILES string of the molecule is [C-]#[N+]/C(COOCCOCCOCCOC(=O)CC#N)=C1/Sc2ccccc2N1CCC(C)CC. The number of thioether (sulfide) groups is 1. The van der Waals surface area contributed by atoms with Crippen molar-refractivity contribution in [3.63, 3.8) is 0 Å². The van der Waals surface area contributed by atoms with Gasteiger partial charge in [-0.05, 0) is 24.5 Å². The molecule has 1 aliphatic heterocycles. The summed E-state index contributed by atoms with van der Waals surface area (Å²) in [7, 11) is 0. The minimum absolute atomic E-state index is 0.0628. The molecule has 1 unspecified atom stereocenters. The van der Waals surface area contributed by atoms with Crippen LogP contribution in [0.25, 0.3) is 4.85 Å². The van der Waals surface area contributed by atoms with E-state index in [0.717, 1.165) is 35.0 Å². The number of ether oxygens (including phenoxy) is 3. The van der Waals surface area contributed by atoms with Crippen LogP contribution in [-0.2, 0) is 28.8 Å². The van der Waals surface area contributed by atoms with Gasteiger partial charge in [0.25, 0.3) is 0 Å². The maximum absolute atomic E-state index is 11.0. The number of carbonyl (C=O) groups is 1. The molecular weight excluding hydrogens is 470 g/mol. The first-order valence-corrected chi connectivity index (χ1v) is 12.5. The fourth-order valence-electron chi connectivity index (χ4n) is 3.07. The molecule has 0 radical (unpaired) electrons. The average Bonchev–Trinajstić information content (AvgIpc) is 3.23. The highest BCUT2D eigenvalue weighted by atomic mass is 32.2. The number of anilines is 1. The van der Waals surface area contributed by atoms with Crippen molar-refractivity contribution in [1.29, 1.82) is 5.26 Å². The molecule has 1 aliphatic rings. The van der Waals surface area contributed by atoms with Gasteiger partial charge in [-0.2, -0.15) is 5.26 Å². The number of benzene rings is 1. The number of para-hydroxylation sites is 1. The quantitative estimate of drug-likeness (QED) is 0.0996. The third-order valence-corrected chi connectivity index (χ3v) is 6.42. The van der Waals surface area contributed by atoms with E-state index in [1.54, 1.807) is 17.8 Å². The predicted molar refractivity (Wildman–Crippen MR) is 132 cm³/mol. The van der Waals surface area contributed by atoms with Gasteiger partial charge < -0.3 is 19.1 Å². The van der Waals surface area contributed by atoms with E-state index in [2.05, 4.69) is 35.7 Å². The second-order valence-electron chi connectivity index (χ2n) is 7.75. The number of hydrogen-bond donors (Lipinski definition) is 0. The van der Waals surface area contributed by atoms with Crippen molar-refractivity contribution < 1.29 is 28.8 Å². The maximum atomic E-state index is 11.0. The van der Waals surface area contributed by atoms with Crippen LogP contribution in [0.5, 0.6) is 0 Å². The summed E-state index contributed by atoms with van der Waals surface area (Å²) in [5.74, 6) is 0.0544. The lowest BCUT2D eigenvalue weighted by Gasteiger charge is -2.23. The molecule has 1 heterocycles. The van der Waals surface area contributed by atoms with E-state index in [1.807, 2.05) is 12.1 Å². The normalized spacial score (nSPS) is 14.7. The van der Waals surface area contributed by atoms with Crippen LogP contribution in [0.1, 0.15) is 33.1 Å². The van der Waals surface area contributed by atoms with Crippen LogP contribution in [0.15, 0.2) is 39.9 Å². The van der Waals surface area contributed by atoms with E-state index in [9.17, 15) is 4.79 Å². The van der Waals surface area contributed by atoms with Gasteiger partial charge in [0, 0.05) is 11.4 Å². The molecule has 0 saturated heterocycles. The molecule has 0 fully saturated rings. The molecule has 0 bridgehead atoms. The fraction of sp³-hybridized carbons (Fsp3) is 0.560. The van der Waals surface area contributed by atoms with Gasteiger partial charge >= 0.3 is 5.97 Å². The molecule has 10 heteroatoms. The molecule has 2 rings (SSSR count). The standard InChI is InChI=1S/C25H33N3O6S/c1-4-20(2)10-12-28-22-7-5-6-8-23(22)35-25(28)21(27-3)19-34-33-18-16-31-14-13-30-15-17-32-24(29)9-11-26/h5-8,20H,4,9-10,12-19H2,1-2H3/b25-21+. The van der Waals surface area contributed by atoms with Gasteiger partial charge in [-0.3, -0.25) is 4.79 Å². The van der Waals surface area contributed by atoms with Gasteiger partial charge in [0.2, 0.25) is 5.70 Å². The summed E-state index contributed by atoms with van der Waals surface area (Å²) in [5, 5.41) is 9.26. The molecule has 35 heavy (non-hydrogen) atoms. The number of fused-ring (bicyclic) bond motifs is 1. The van der Waals surface area contributed by atoms with Crippen LogP contribution in [0, 0.1) is 23.8 Å². The van der Waals surface area contributed by atoms with Crippen LogP contribution in [0.3, 0.4) is 0 Å². The second kappa shape index (κ2) is 16.9. The zero-order valence-corrected chi connectivity index (χ0v) is 21.2. The molecule has 0 spiro atoms. The first-order chi connectivity index (χ1) is 17.1. The van der Waals surface area contributed by atoms with Crippen molar-refractivity contribution in [2.24, 2.45) is 5.92 Å². The monoisotopic (exact) mass is 503 g/mol. The average molecular weight is 504 g/mol. The van der Waals surface area contributed by atoms with Gasteiger partial charge in [-0.15, -0.1) is 0 Å². The summed E-state index contributed by atoms with van der Waals surface area (Å²) in [6.45, 7) is 14.6. The van der Waals surface area contributed by atoms with Crippen molar-refractivity contribution in [2.75, 3.05) is 57.7 Å². The van der Waals surface area contributed by atoms with Gasteiger partial charge in [0.05, 0.1) is 49.8 Å². The predicted octanol–water partition coefficient (Wildman–Crippen LogP) is 4.56. The molecular formula is C25H33N3O6S. The molecule has 0 aromatic heterocycles. The summed E-state index contributed by atoms with van der Waals surface area (Å²) in [6.07, 6.45) is 1.91. The van der Waals surface area contributed by atoms with Crippen molar-refractivity contribution in [3.8, 4) is 6.07 Å². The van der Waals surface area contributed by atoms with E-state index in [4.69, 9.17) is 35.8 Å². The Bertz CT molecular complexity index is 911. The van der Waals surface area contributed by atoms with E-state index in [0.29, 0.717) is 31.4 Å². The summed E-state index contributed by atoms with van der Waals surface area (Å²) in [4.78, 5) is 28.6. The lowest BCUT2D eigenvalue weighted by atomic mass is 10.1. The Labute approximate surface area is 211 Å². The Morgan fingerprint density at radius 2 is 1.86 bits per heavy atom. The zero-order valence-electron chi connectivity index (χ0n) is 20.4. The molecule has 0 N–H and O–H groups in total. The van der Waals surface area contributed by atoms with Crippen LogP contribution < -0.4 is 4.90 Å². The summed E-state index contributed by atoms with van der Waals surface area (Å²) < 4.78 is 15.4. The van der Waals surface area contributed by atoms with Crippen molar-refractivity contribution in [1.82, 2.24) is 0 Å². The Morgan fingerprint density at radius 1 is 1.14 bits per heavy atom. The van der Waals surface area contributed by atoms with Gasteiger partial charge in [-0.1, -0.05) is 44.2 Å². The number of hydrogen-bond acceptors (Lipinski definition) is 9. The molecule has 1 aromatic carbocycles. The molecule has 190 valence electrons. The van der Waals surface area contributed by atoms with E-state index < -0.39 is 5.97 Å². The molecule has 1 aromatic rings. The van der Waals surface area contributed by atoms with Crippen molar-refractivity contribution in [2.45, 2.75) is 38.0 Å². The highest BCUT2D eigenvalue weighted by molar-refractivity contribution is 8.03. The molecule has 9 nitrogen and oxygen atoms in total. The lowest BCUT2D eigenvalue weighted by Crippen LogP contribution is -2.22. The highest BCUT2D eigenvalue weighted by Crippen LogP contribution is 2.47. The molecule has 0 aliphatic carbocycles. The fourth-order valence-corrected chi connectivity index (χ4v) is 4.23. The second-order valence-corrected chi connectivity index (χ2v) is 8.78. The topological polar surface area (TPSA) is 94.6 Å². The number of carbonyl (C=O) groups excluding carboxylic acids is 1. The van der Waals surface area contributed by atoms with Crippen LogP contribution in [0.2, 0.25) is 0 Å². The first-order valence-electron chi connectivity index (χ1n) is 11.7. The van der Waals surface area contributed by atoms with Gasteiger partial charge in [0.1, 0.15) is 26.2 Å². The van der Waals surface area contributed by atoms with E-state index in [-0.39, 0.29) is 32.8 Å². The molecule has 1 atom stereocenters. The summed E-state index contributed by atoms with van der Waals surface area (Å²) >= 11 is 1.60. The largest absolute Gasteiger partial charge is 0.462 e. The minimum atomic E-state index is -0.559. The number of rotatable bonds is 17. The Kier molecular flexibility index (Phi) is 13.9. The van der Waals surface area contributed by atoms with Gasteiger partial charge in [-0.25, -0.2) is 14.6 Å². The Morgan fingerprint density at radius 3 is 2.57 bits per heavy atom. The summed E-state index contributed by atoms with van der Waals surface area (Å²) in [5.41, 5.74) is 1.65.